The Bertz CT molecular complexity index is 339. The first kappa shape index (κ1) is 12.5. The van der Waals surface area contributed by atoms with E-state index in [0.717, 1.165) is 25.5 Å². The Balaban J connectivity index is 2.05. The Morgan fingerprint density at radius 2 is 2.12 bits per heavy atom. The molecule has 1 N–H and O–H groups in total. The maximum atomic E-state index is 4.32. The molecule has 0 saturated carbocycles. The minimum Gasteiger partial charge on any atom is -0.311 e. The van der Waals surface area contributed by atoms with Crippen LogP contribution in [-0.4, -0.2) is 40.0 Å². The molecule has 1 fully saturated rings. The highest BCUT2D eigenvalue weighted by atomic mass is 15.2. The predicted octanol–water partition coefficient (Wildman–Crippen LogP) is 1.29. The van der Waals surface area contributed by atoms with Crippen molar-refractivity contribution < 1.29 is 0 Å². The third-order valence-electron chi connectivity index (χ3n) is 3.39. The molecule has 1 aliphatic rings. The van der Waals surface area contributed by atoms with Crippen molar-refractivity contribution in [2.24, 2.45) is 5.92 Å². The van der Waals surface area contributed by atoms with Gasteiger partial charge in [0.2, 0.25) is 0 Å². The van der Waals surface area contributed by atoms with E-state index in [1.165, 1.54) is 0 Å². The van der Waals surface area contributed by atoms with Gasteiger partial charge in [-0.2, -0.15) is 0 Å². The molecule has 0 aliphatic carbocycles. The van der Waals surface area contributed by atoms with Gasteiger partial charge in [0.15, 0.2) is 0 Å². The first-order valence-electron chi connectivity index (χ1n) is 6.40. The van der Waals surface area contributed by atoms with E-state index in [4.69, 9.17) is 0 Å². The Morgan fingerprint density at radius 1 is 1.41 bits per heavy atom. The lowest BCUT2D eigenvalue weighted by Gasteiger charge is -2.41. The second-order valence-corrected chi connectivity index (χ2v) is 5.22. The summed E-state index contributed by atoms with van der Waals surface area (Å²) >= 11 is 0. The number of nitrogens with one attached hydrogen (secondary N) is 1. The van der Waals surface area contributed by atoms with Crippen LogP contribution in [0, 0.1) is 5.92 Å². The van der Waals surface area contributed by atoms with Crippen LogP contribution in [0.3, 0.4) is 0 Å². The second kappa shape index (κ2) is 5.56. The summed E-state index contributed by atoms with van der Waals surface area (Å²) < 4.78 is 0. The van der Waals surface area contributed by atoms with Gasteiger partial charge in [0, 0.05) is 37.6 Å². The fraction of sp³-hybridized carbons (Fsp3) is 0.692. The number of rotatable bonds is 3. The van der Waals surface area contributed by atoms with Crippen LogP contribution >= 0.6 is 0 Å². The SMILES string of the molecule is CC1CN(Cc2ncccn2)C(C(C)C)CN1. The Morgan fingerprint density at radius 3 is 2.76 bits per heavy atom. The van der Waals surface area contributed by atoms with E-state index >= 15 is 0 Å². The summed E-state index contributed by atoms with van der Waals surface area (Å²) in [5.74, 6) is 1.57. The van der Waals surface area contributed by atoms with Gasteiger partial charge in [-0.1, -0.05) is 13.8 Å². The molecule has 2 unspecified atom stereocenters. The summed E-state index contributed by atoms with van der Waals surface area (Å²) in [6, 6.07) is 2.99. The van der Waals surface area contributed by atoms with Crippen LogP contribution in [0.1, 0.15) is 26.6 Å². The van der Waals surface area contributed by atoms with E-state index < -0.39 is 0 Å². The third-order valence-corrected chi connectivity index (χ3v) is 3.39. The number of hydrogen-bond acceptors (Lipinski definition) is 4. The molecule has 0 radical (unpaired) electrons. The third kappa shape index (κ3) is 3.23. The summed E-state index contributed by atoms with van der Waals surface area (Å²) in [5, 5.41) is 3.55. The first-order valence-corrected chi connectivity index (χ1v) is 6.40. The van der Waals surface area contributed by atoms with Crippen molar-refractivity contribution in [3.8, 4) is 0 Å². The molecule has 2 atom stereocenters. The highest BCUT2D eigenvalue weighted by Crippen LogP contribution is 2.16. The molecule has 4 heteroatoms. The zero-order valence-corrected chi connectivity index (χ0v) is 10.9. The van der Waals surface area contributed by atoms with E-state index in [2.05, 4.69) is 41.0 Å². The smallest absolute Gasteiger partial charge is 0.142 e. The van der Waals surface area contributed by atoms with E-state index in [0.29, 0.717) is 18.0 Å². The van der Waals surface area contributed by atoms with Crippen LogP contribution in [-0.2, 0) is 6.54 Å². The van der Waals surface area contributed by atoms with Gasteiger partial charge >= 0.3 is 0 Å². The number of piperazine rings is 1. The molecular formula is C13H22N4. The number of nitrogens with zero attached hydrogens (tertiary/aromatic N) is 3. The molecule has 1 aromatic heterocycles. The van der Waals surface area contributed by atoms with Crippen LogP contribution in [0.25, 0.3) is 0 Å². The van der Waals surface area contributed by atoms with Crippen molar-refractivity contribution in [3.05, 3.63) is 24.3 Å². The van der Waals surface area contributed by atoms with Gasteiger partial charge in [-0.15, -0.1) is 0 Å². The highest BCUT2D eigenvalue weighted by molar-refractivity contribution is 4.93. The molecule has 0 amide bonds. The van der Waals surface area contributed by atoms with Gasteiger partial charge in [-0.05, 0) is 18.9 Å². The zero-order valence-electron chi connectivity index (χ0n) is 10.9. The van der Waals surface area contributed by atoms with E-state index in [1.807, 2.05) is 18.5 Å². The van der Waals surface area contributed by atoms with Crippen molar-refractivity contribution in [1.29, 1.82) is 0 Å². The van der Waals surface area contributed by atoms with Gasteiger partial charge < -0.3 is 5.32 Å². The summed E-state index contributed by atoms with van der Waals surface area (Å²) in [7, 11) is 0. The Kier molecular flexibility index (Phi) is 4.07. The fourth-order valence-corrected chi connectivity index (χ4v) is 2.44. The maximum absolute atomic E-state index is 4.32. The van der Waals surface area contributed by atoms with Crippen molar-refractivity contribution in [2.75, 3.05) is 13.1 Å². The topological polar surface area (TPSA) is 41.1 Å². The van der Waals surface area contributed by atoms with Crippen LogP contribution in [0.15, 0.2) is 18.5 Å². The van der Waals surface area contributed by atoms with Gasteiger partial charge in [0.1, 0.15) is 5.82 Å². The lowest BCUT2D eigenvalue weighted by molar-refractivity contribution is 0.0929. The molecule has 0 spiro atoms. The van der Waals surface area contributed by atoms with Crippen molar-refractivity contribution in [1.82, 2.24) is 20.2 Å². The quantitative estimate of drug-likeness (QED) is 0.856. The molecule has 4 nitrogen and oxygen atoms in total. The van der Waals surface area contributed by atoms with Gasteiger partial charge in [-0.25, -0.2) is 9.97 Å². The Labute approximate surface area is 103 Å². The number of hydrogen-bond donors (Lipinski definition) is 1. The summed E-state index contributed by atoms with van der Waals surface area (Å²) in [6.07, 6.45) is 3.64. The average Bonchev–Trinajstić information content (AvgIpc) is 2.30. The standard InChI is InChI=1S/C13H22N4/c1-10(2)12-7-16-11(3)8-17(12)9-13-14-5-4-6-15-13/h4-6,10-12,16H,7-9H2,1-3H3. The molecular weight excluding hydrogens is 212 g/mol. The van der Waals surface area contributed by atoms with Crippen LogP contribution in [0.5, 0.6) is 0 Å². The maximum Gasteiger partial charge on any atom is 0.142 e. The van der Waals surface area contributed by atoms with E-state index in [9.17, 15) is 0 Å². The molecule has 17 heavy (non-hydrogen) atoms. The van der Waals surface area contributed by atoms with Crippen molar-refractivity contribution in [3.63, 3.8) is 0 Å². The van der Waals surface area contributed by atoms with Crippen molar-refractivity contribution in [2.45, 2.75) is 39.4 Å². The van der Waals surface area contributed by atoms with E-state index in [1.54, 1.807) is 0 Å². The van der Waals surface area contributed by atoms with Crippen LogP contribution in [0.4, 0.5) is 0 Å². The molecule has 1 saturated heterocycles. The van der Waals surface area contributed by atoms with Gasteiger partial charge in [0.05, 0.1) is 6.54 Å². The van der Waals surface area contributed by atoms with Crippen molar-refractivity contribution >= 4 is 0 Å². The molecule has 2 rings (SSSR count). The van der Waals surface area contributed by atoms with Gasteiger partial charge in [0.25, 0.3) is 0 Å². The summed E-state index contributed by atoms with van der Waals surface area (Å²) in [5.41, 5.74) is 0. The normalized spacial score (nSPS) is 26.4. The molecule has 94 valence electrons. The monoisotopic (exact) mass is 234 g/mol. The molecule has 0 aromatic carbocycles. The highest BCUT2D eigenvalue weighted by Gasteiger charge is 2.28. The minimum absolute atomic E-state index is 0.550. The summed E-state index contributed by atoms with van der Waals surface area (Å²) in [6.45, 7) is 9.78. The zero-order chi connectivity index (χ0) is 12.3. The number of aromatic nitrogens is 2. The lowest BCUT2D eigenvalue weighted by Crippen LogP contribution is -2.56. The molecule has 0 bridgehead atoms. The molecule has 1 aromatic rings. The van der Waals surface area contributed by atoms with E-state index in [-0.39, 0.29) is 0 Å². The average molecular weight is 234 g/mol. The van der Waals surface area contributed by atoms with Crippen LogP contribution in [0.2, 0.25) is 0 Å². The largest absolute Gasteiger partial charge is 0.311 e. The predicted molar refractivity (Wildman–Crippen MR) is 68.5 cm³/mol. The molecule has 2 heterocycles. The first-order chi connectivity index (χ1) is 8.16. The minimum atomic E-state index is 0.550. The second-order valence-electron chi connectivity index (χ2n) is 5.22. The fourth-order valence-electron chi connectivity index (χ4n) is 2.44. The van der Waals surface area contributed by atoms with Gasteiger partial charge in [-0.3, -0.25) is 4.90 Å². The lowest BCUT2D eigenvalue weighted by atomic mass is 9.99. The summed E-state index contributed by atoms with van der Waals surface area (Å²) in [4.78, 5) is 11.1. The van der Waals surface area contributed by atoms with Crippen LogP contribution < -0.4 is 5.32 Å². The Hall–Kier alpha value is -1.00. The molecule has 1 aliphatic heterocycles.